The lowest BCUT2D eigenvalue weighted by Gasteiger charge is -2.27. The molecule has 0 spiro atoms. The molecule has 1 fully saturated rings. The van der Waals surface area contributed by atoms with Crippen molar-refractivity contribution in [2.75, 3.05) is 7.05 Å². The predicted octanol–water partition coefficient (Wildman–Crippen LogP) is 5.22. The minimum Gasteiger partial charge on any atom is -0.313 e. The summed E-state index contributed by atoms with van der Waals surface area (Å²) in [6, 6.07) is 6.03. The second kappa shape index (κ2) is 6.79. The van der Waals surface area contributed by atoms with Gasteiger partial charge in [-0.15, -0.1) is 0 Å². The molecule has 100 valence electrons. The summed E-state index contributed by atoms with van der Waals surface area (Å²) >= 11 is 12.6. The maximum Gasteiger partial charge on any atom is 0.0468 e. The second-order valence-corrected chi connectivity index (χ2v) is 6.03. The molecule has 0 saturated heterocycles. The Balaban J connectivity index is 2.12. The Morgan fingerprint density at radius 2 is 1.78 bits per heavy atom. The lowest BCUT2D eigenvalue weighted by Crippen LogP contribution is -2.21. The van der Waals surface area contributed by atoms with E-state index >= 15 is 0 Å². The Hall–Kier alpha value is -0.240. The molecule has 0 radical (unpaired) electrons. The summed E-state index contributed by atoms with van der Waals surface area (Å²) < 4.78 is 0. The van der Waals surface area contributed by atoms with Gasteiger partial charge in [0.25, 0.3) is 0 Å². The Labute approximate surface area is 120 Å². The van der Waals surface area contributed by atoms with E-state index in [9.17, 15) is 0 Å². The largest absolute Gasteiger partial charge is 0.313 e. The number of halogens is 2. The van der Waals surface area contributed by atoms with Gasteiger partial charge in [-0.1, -0.05) is 61.4 Å². The standard InChI is InChI=1S/C15H21Cl2N/c1-18-14(10-11-6-3-2-4-7-11)15-12(16)8-5-9-13(15)17/h5,8-9,11,14,18H,2-4,6-7,10H2,1H3. The molecule has 18 heavy (non-hydrogen) atoms. The highest BCUT2D eigenvalue weighted by molar-refractivity contribution is 6.36. The molecule has 3 heteroatoms. The topological polar surface area (TPSA) is 12.0 Å². The number of rotatable bonds is 4. The highest BCUT2D eigenvalue weighted by atomic mass is 35.5. The molecule has 0 bridgehead atoms. The summed E-state index contributed by atoms with van der Waals surface area (Å²) in [6.07, 6.45) is 7.97. The van der Waals surface area contributed by atoms with Crippen molar-refractivity contribution in [2.45, 2.75) is 44.6 Å². The fourth-order valence-corrected chi connectivity index (χ4v) is 3.64. The van der Waals surface area contributed by atoms with E-state index in [1.807, 2.05) is 25.2 Å². The van der Waals surface area contributed by atoms with E-state index in [-0.39, 0.29) is 6.04 Å². The summed E-state index contributed by atoms with van der Waals surface area (Å²) in [6.45, 7) is 0. The van der Waals surface area contributed by atoms with Gasteiger partial charge < -0.3 is 5.32 Å². The third kappa shape index (κ3) is 3.40. The number of hydrogen-bond acceptors (Lipinski definition) is 1. The van der Waals surface area contributed by atoms with E-state index in [1.54, 1.807) is 0 Å². The number of benzene rings is 1. The van der Waals surface area contributed by atoms with Crippen LogP contribution in [0.2, 0.25) is 10.0 Å². The fourth-order valence-electron chi connectivity index (χ4n) is 2.98. The summed E-state index contributed by atoms with van der Waals surface area (Å²) in [5.41, 5.74) is 1.06. The van der Waals surface area contributed by atoms with Crippen LogP contribution >= 0.6 is 23.2 Å². The monoisotopic (exact) mass is 285 g/mol. The Bertz CT molecular complexity index is 366. The van der Waals surface area contributed by atoms with Crippen LogP contribution in [-0.4, -0.2) is 7.05 Å². The van der Waals surface area contributed by atoms with Crippen LogP contribution in [0, 0.1) is 5.92 Å². The normalized spacial score (nSPS) is 18.8. The SMILES string of the molecule is CNC(CC1CCCCC1)c1c(Cl)cccc1Cl. The van der Waals surface area contributed by atoms with Gasteiger partial charge in [0.05, 0.1) is 0 Å². The highest BCUT2D eigenvalue weighted by Crippen LogP contribution is 2.37. The molecule has 0 amide bonds. The third-order valence-corrected chi connectivity index (χ3v) is 4.65. The van der Waals surface area contributed by atoms with Crippen molar-refractivity contribution in [3.63, 3.8) is 0 Å². The van der Waals surface area contributed by atoms with Crippen LogP contribution in [0.5, 0.6) is 0 Å². The van der Waals surface area contributed by atoms with Crippen molar-refractivity contribution in [3.05, 3.63) is 33.8 Å². The first-order valence-electron chi connectivity index (χ1n) is 6.83. The van der Waals surface area contributed by atoms with Crippen molar-refractivity contribution in [3.8, 4) is 0 Å². The van der Waals surface area contributed by atoms with Gasteiger partial charge in [0.2, 0.25) is 0 Å². The lowest BCUT2D eigenvalue weighted by molar-refractivity contribution is 0.306. The van der Waals surface area contributed by atoms with E-state index in [0.29, 0.717) is 0 Å². The average Bonchev–Trinajstić information content (AvgIpc) is 2.38. The predicted molar refractivity (Wildman–Crippen MR) is 79.5 cm³/mol. The van der Waals surface area contributed by atoms with E-state index < -0.39 is 0 Å². The summed E-state index contributed by atoms with van der Waals surface area (Å²) in [7, 11) is 1.99. The highest BCUT2D eigenvalue weighted by Gasteiger charge is 2.22. The summed E-state index contributed by atoms with van der Waals surface area (Å²) in [5, 5.41) is 4.93. The number of nitrogens with one attached hydrogen (secondary N) is 1. The van der Waals surface area contributed by atoms with Crippen LogP contribution in [-0.2, 0) is 0 Å². The van der Waals surface area contributed by atoms with Crippen LogP contribution in [0.4, 0.5) is 0 Å². The van der Waals surface area contributed by atoms with Gasteiger partial charge in [-0.25, -0.2) is 0 Å². The minimum absolute atomic E-state index is 0.272. The first-order valence-corrected chi connectivity index (χ1v) is 7.59. The zero-order chi connectivity index (χ0) is 13.0. The van der Waals surface area contributed by atoms with Crippen molar-refractivity contribution in [2.24, 2.45) is 5.92 Å². The molecule has 1 N–H and O–H groups in total. The maximum absolute atomic E-state index is 6.30. The molecule has 1 aliphatic rings. The van der Waals surface area contributed by atoms with Gasteiger partial charge in [0.1, 0.15) is 0 Å². The quantitative estimate of drug-likeness (QED) is 0.799. The first-order chi connectivity index (χ1) is 8.72. The Morgan fingerprint density at radius 1 is 1.17 bits per heavy atom. The molecule has 1 aromatic rings. The molecular formula is C15H21Cl2N. The van der Waals surface area contributed by atoms with Crippen molar-refractivity contribution >= 4 is 23.2 Å². The van der Waals surface area contributed by atoms with E-state index in [0.717, 1.165) is 27.9 Å². The zero-order valence-corrected chi connectivity index (χ0v) is 12.4. The molecule has 0 heterocycles. The average molecular weight is 286 g/mol. The Kier molecular flexibility index (Phi) is 5.35. The molecule has 1 aromatic carbocycles. The molecule has 1 aliphatic carbocycles. The maximum atomic E-state index is 6.30. The van der Waals surface area contributed by atoms with E-state index in [2.05, 4.69) is 5.32 Å². The zero-order valence-electron chi connectivity index (χ0n) is 10.9. The van der Waals surface area contributed by atoms with Crippen LogP contribution in [0.1, 0.15) is 50.1 Å². The smallest absolute Gasteiger partial charge is 0.0468 e. The van der Waals surface area contributed by atoms with Gasteiger partial charge in [-0.05, 0) is 31.5 Å². The summed E-state index contributed by atoms with van der Waals surface area (Å²) in [4.78, 5) is 0. The molecule has 1 saturated carbocycles. The first kappa shape index (κ1) is 14.2. The van der Waals surface area contributed by atoms with Gasteiger partial charge in [-0.3, -0.25) is 0 Å². The van der Waals surface area contributed by atoms with Crippen LogP contribution in [0.25, 0.3) is 0 Å². The molecule has 0 aromatic heterocycles. The molecular weight excluding hydrogens is 265 g/mol. The van der Waals surface area contributed by atoms with Gasteiger partial charge >= 0.3 is 0 Å². The van der Waals surface area contributed by atoms with Crippen molar-refractivity contribution in [1.82, 2.24) is 5.32 Å². The molecule has 1 nitrogen and oxygen atoms in total. The van der Waals surface area contributed by atoms with Crippen LogP contribution in [0.3, 0.4) is 0 Å². The third-order valence-electron chi connectivity index (χ3n) is 3.99. The van der Waals surface area contributed by atoms with Gasteiger partial charge in [0, 0.05) is 21.7 Å². The van der Waals surface area contributed by atoms with Crippen LogP contribution in [0.15, 0.2) is 18.2 Å². The summed E-state index contributed by atoms with van der Waals surface area (Å²) in [5.74, 6) is 0.809. The molecule has 1 unspecified atom stereocenters. The van der Waals surface area contributed by atoms with E-state index in [4.69, 9.17) is 23.2 Å². The van der Waals surface area contributed by atoms with Crippen LogP contribution < -0.4 is 5.32 Å². The Morgan fingerprint density at radius 3 is 2.33 bits per heavy atom. The second-order valence-electron chi connectivity index (χ2n) is 5.22. The van der Waals surface area contributed by atoms with Gasteiger partial charge in [0.15, 0.2) is 0 Å². The molecule has 0 aliphatic heterocycles. The van der Waals surface area contributed by atoms with Crippen molar-refractivity contribution in [1.29, 1.82) is 0 Å². The minimum atomic E-state index is 0.272. The molecule has 2 rings (SSSR count). The number of hydrogen-bond donors (Lipinski definition) is 1. The molecule has 1 atom stereocenters. The fraction of sp³-hybridized carbons (Fsp3) is 0.600. The van der Waals surface area contributed by atoms with Gasteiger partial charge in [-0.2, -0.15) is 0 Å². The van der Waals surface area contributed by atoms with Crippen molar-refractivity contribution < 1.29 is 0 Å². The lowest BCUT2D eigenvalue weighted by atomic mass is 9.83. The van der Waals surface area contributed by atoms with E-state index in [1.165, 1.54) is 32.1 Å².